The molecule has 9 nitrogen and oxygen atoms in total. The number of anilines is 1. The molecule has 1 aliphatic rings. The van der Waals surface area contributed by atoms with Crippen LogP contribution in [0, 0.1) is 10.1 Å². The average molecular weight is 315 g/mol. The number of halogens is 2. The van der Waals surface area contributed by atoms with E-state index in [-0.39, 0.29) is 17.5 Å². The first-order chi connectivity index (χ1) is 10.5. The minimum absolute atomic E-state index is 0.0897. The fraction of sp³-hybridized carbons (Fsp3) is 0.727. The van der Waals surface area contributed by atoms with Crippen molar-refractivity contribution >= 4 is 11.5 Å². The van der Waals surface area contributed by atoms with Crippen LogP contribution in [0.3, 0.4) is 0 Å². The zero-order chi connectivity index (χ0) is 16.1. The minimum atomic E-state index is -2.65. The van der Waals surface area contributed by atoms with Gasteiger partial charge in [0.2, 0.25) is 5.82 Å². The summed E-state index contributed by atoms with van der Waals surface area (Å²) >= 11 is 0. The third kappa shape index (κ3) is 3.61. The van der Waals surface area contributed by atoms with Crippen LogP contribution in [0.5, 0.6) is 0 Å². The molecule has 0 spiro atoms. The van der Waals surface area contributed by atoms with Crippen LogP contribution < -0.4 is 4.90 Å². The number of hydrogen-bond acceptors (Lipinski definition) is 5. The standard InChI is InChI=1S/C11H15F2N7O2/c12-10(13)7-19-11(9(6-15-19)20(21)22)18-4-1-2-8(3-5-18)16-17-14/h6,8,10H,1-5,7H2. The van der Waals surface area contributed by atoms with Crippen molar-refractivity contribution in [3.05, 3.63) is 26.8 Å². The number of hydrogen-bond donors (Lipinski definition) is 0. The molecule has 11 heteroatoms. The van der Waals surface area contributed by atoms with Crippen molar-refractivity contribution in [1.29, 1.82) is 0 Å². The summed E-state index contributed by atoms with van der Waals surface area (Å²) in [5.41, 5.74) is 8.19. The summed E-state index contributed by atoms with van der Waals surface area (Å²) in [5.74, 6) is 0.0897. The van der Waals surface area contributed by atoms with Gasteiger partial charge in [-0.2, -0.15) is 5.10 Å². The van der Waals surface area contributed by atoms with Crippen LogP contribution in [-0.4, -0.2) is 40.3 Å². The van der Waals surface area contributed by atoms with Crippen molar-refractivity contribution in [3.8, 4) is 0 Å². The number of azide groups is 1. The van der Waals surface area contributed by atoms with Gasteiger partial charge in [0.15, 0.2) is 0 Å². The topological polar surface area (TPSA) is 113 Å². The van der Waals surface area contributed by atoms with Gasteiger partial charge in [-0.25, -0.2) is 13.5 Å². The molecule has 1 aromatic rings. The highest BCUT2D eigenvalue weighted by molar-refractivity contribution is 5.57. The normalized spacial score (nSPS) is 18.9. The maximum absolute atomic E-state index is 12.6. The zero-order valence-electron chi connectivity index (χ0n) is 11.7. The van der Waals surface area contributed by atoms with Crippen LogP contribution in [0.2, 0.25) is 0 Å². The second-order valence-electron chi connectivity index (χ2n) is 4.96. The van der Waals surface area contributed by atoms with E-state index in [0.29, 0.717) is 32.4 Å². The minimum Gasteiger partial charge on any atom is -0.351 e. The molecule has 120 valence electrons. The fourth-order valence-corrected chi connectivity index (χ4v) is 2.57. The molecule has 0 amide bonds. The van der Waals surface area contributed by atoms with Crippen LogP contribution in [-0.2, 0) is 6.54 Å². The molecule has 2 heterocycles. The molecule has 0 aromatic carbocycles. The van der Waals surface area contributed by atoms with Gasteiger partial charge in [-0.15, -0.1) is 0 Å². The van der Waals surface area contributed by atoms with Gasteiger partial charge < -0.3 is 4.90 Å². The first kappa shape index (κ1) is 16.0. The predicted octanol–water partition coefficient (Wildman–Crippen LogP) is 2.73. The summed E-state index contributed by atoms with van der Waals surface area (Å²) in [6.07, 6.45) is 0.174. The predicted molar refractivity (Wildman–Crippen MR) is 73.9 cm³/mol. The largest absolute Gasteiger partial charge is 0.351 e. The van der Waals surface area contributed by atoms with Crippen LogP contribution in [0.1, 0.15) is 19.3 Å². The van der Waals surface area contributed by atoms with Gasteiger partial charge in [-0.3, -0.25) is 10.1 Å². The van der Waals surface area contributed by atoms with Gasteiger partial charge in [0.05, 0.1) is 4.92 Å². The molecule has 0 radical (unpaired) electrons. The second kappa shape index (κ2) is 7.03. The summed E-state index contributed by atoms with van der Waals surface area (Å²) in [4.78, 5) is 14.9. The maximum Gasteiger partial charge on any atom is 0.331 e. The molecule has 1 fully saturated rings. The Morgan fingerprint density at radius 2 is 2.32 bits per heavy atom. The van der Waals surface area contributed by atoms with Crippen molar-refractivity contribution in [3.63, 3.8) is 0 Å². The number of rotatable bonds is 5. The average Bonchev–Trinajstić information content (AvgIpc) is 2.71. The quantitative estimate of drug-likeness (QED) is 0.273. The molecular formula is C11H15F2N7O2. The van der Waals surface area contributed by atoms with Crippen molar-refractivity contribution in [2.45, 2.75) is 38.3 Å². The molecule has 1 aliphatic heterocycles. The fourth-order valence-electron chi connectivity index (χ4n) is 2.57. The van der Waals surface area contributed by atoms with Gasteiger partial charge in [-0.05, 0) is 24.8 Å². The number of aromatic nitrogens is 2. The lowest BCUT2D eigenvalue weighted by molar-refractivity contribution is -0.384. The maximum atomic E-state index is 12.6. The number of nitro groups is 1. The van der Waals surface area contributed by atoms with Crippen molar-refractivity contribution in [2.24, 2.45) is 5.11 Å². The van der Waals surface area contributed by atoms with Gasteiger partial charge in [0.1, 0.15) is 12.7 Å². The van der Waals surface area contributed by atoms with Gasteiger partial charge in [-0.1, -0.05) is 5.11 Å². The molecule has 1 unspecified atom stereocenters. The Balaban J connectivity index is 2.27. The van der Waals surface area contributed by atoms with Crippen molar-refractivity contribution in [2.75, 3.05) is 18.0 Å². The molecule has 2 rings (SSSR count). The molecule has 0 bridgehead atoms. The lowest BCUT2D eigenvalue weighted by Crippen LogP contribution is -2.28. The molecule has 1 aromatic heterocycles. The second-order valence-corrected chi connectivity index (χ2v) is 4.96. The van der Waals surface area contributed by atoms with Crippen LogP contribution >= 0.6 is 0 Å². The summed E-state index contributed by atoms with van der Waals surface area (Å²) in [6.45, 7) is 0.159. The first-order valence-corrected chi connectivity index (χ1v) is 6.80. The molecule has 1 saturated heterocycles. The molecular weight excluding hydrogens is 300 g/mol. The summed E-state index contributed by atoms with van der Waals surface area (Å²) in [6, 6.07) is -0.180. The number of alkyl halides is 2. The summed E-state index contributed by atoms with van der Waals surface area (Å²) in [5, 5.41) is 18.5. The van der Waals surface area contributed by atoms with E-state index in [4.69, 9.17) is 5.53 Å². The Labute approximate surface area is 124 Å². The zero-order valence-corrected chi connectivity index (χ0v) is 11.7. The smallest absolute Gasteiger partial charge is 0.331 e. The van der Waals surface area contributed by atoms with E-state index < -0.39 is 17.9 Å². The third-order valence-corrected chi connectivity index (χ3v) is 3.51. The van der Waals surface area contributed by atoms with E-state index in [0.717, 1.165) is 10.9 Å². The molecule has 0 aliphatic carbocycles. The van der Waals surface area contributed by atoms with Gasteiger partial charge >= 0.3 is 5.69 Å². The highest BCUT2D eigenvalue weighted by atomic mass is 19.3. The van der Waals surface area contributed by atoms with Crippen molar-refractivity contribution in [1.82, 2.24) is 9.78 Å². The van der Waals surface area contributed by atoms with Crippen LogP contribution in [0.25, 0.3) is 10.4 Å². The highest BCUT2D eigenvalue weighted by Gasteiger charge is 2.28. The SMILES string of the molecule is [N-]=[N+]=NC1CCCN(c2c([N+](=O)[O-])cnn2CC(F)F)CC1. The summed E-state index contributed by atoms with van der Waals surface area (Å²) in [7, 11) is 0. The van der Waals surface area contributed by atoms with E-state index in [1.807, 2.05) is 0 Å². The van der Waals surface area contributed by atoms with E-state index in [1.165, 1.54) is 0 Å². The van der Waals surface area contributed by atoms with E-state index in [1.54, 1.807) is 4.90 Å². The van der Waals surface area contributed by atoms with Crippen LogP contribution in [0.15, 0.2) is 11.3 Å². The lowest BCUT2D eigenvalue weighted by Gasteiger charge is -2.22. The molecule has 1 atom stereocenters. The van der Waals surface area contributed by atoms with E-state index in [2.05, 4.69) is 15.1 Å². The monoisotopic (exact) mass is 315 g/mol. The highest BCUT2D eigenvalue weighted by Crippen LogP contribution is 2.30. The number of nitrogens with zero attached hydrogens (tertiary/aromatic N) is 7. The lowest BCUT2D eigenvalue weighted by atomic mass is 10.1. The van der Waals surface area contributed by atoms with Crippen LogP contribution in [0.4, 0.5) is 20.3 Å². The van der Waals surface area contributed by atoms with Crippen molar-refractivity contribution < 1.29 is 13.7 Å². The molecule has 0 N–H and O–H groups in total. The third-order valence-electron chi connectivity index (χ3n) is 3.51. The Bertz CT molecular complexity index is 585. The first-order valence-electron chi connectivity index (χ1n) is 6.80. The van der Waals surface area contributed by atoms with E-state index in [9.17, 15) is 18.9 Å². The van der Waals surface area contributed by atoms with Gasteiger partial charge in [0, 0.05) is 24.0 Å². The van der Waals surface area contributed by atoms with Gasteiger partial charge in [0.25, 0.3) is 6.43 Å². The summed E-state index contributed by atoms with van der Waals surface area (Å²) < 4.78 is 26.2. The molecule has 0 saturated carbocycles. The Hall–Kier alpha value is -2.42. The molecule has 22 heavy (non-hydrogen) atoms. The van der Waals surface area contributed by atoms with E-state index >= 15 is 0 Å². The Morgan fingerprint density at radius 1 is 1.55 bits per heavy atom. The Morgan fingerprint density at radius 3 is 2.95 bits per heavy atom. The Kier molecular flexibility index (Phi) is 5.10.